The zero-order chi connectivity index (χ0) is 12.5. The van der Waals surface area contributed by atoms with Gasteiger partial charge in [0.2, 0.25) is 5.56 Å². The number of piperidine rings is 1. The number of aromatic nitrogens is 3. The monoisotopic (exact) mass is 244 g/mol. The number of fused-ring (bicyclic) bond motifs is 1. The molecule has 1 N–H and O–H groups in total. The Morgan fingerprint density at radius 2 is 2.33 bits per heavy atom. The van der Waals surface area contributed by atoms with Crippen molar-refractivity contribution >= 4 is 11.0 Å². The van der Waals surface area contributed by atoms with Crippen molar-refractivity contribution in [1.29, 1.82) is 0 Å². The lowest BCUT2D eigenvalue weighted by atomic mass is 9.97. The molecule has 0 radical (unpaired) electrons. The minimum atomic E-state index is -0.118. The highest BCUT2D eigenvalue weighted by molar-refractivity contribution is 5.72. The van der Waals surface area contributed by atoms with E-state index in [9.17, 15) is 4.79 Å². The van der Waals surface area contributed by atoms with Crippen LogP contribution in [0.5, 0.6) is 0 Å². The molecule has 5 heteroatoms. The third-order valence-corrected chi connectivity index (χ3v) is 3.48. The number of H-pyrrole nitrogens is 1. The summed E-state index contributed by atoms with van der Waals surface area (Å²) >= 11 is 0. The highest BCUT2D eigenvalue weighted by Gasteiger charge is 2.21. The highest BCUT2D eigenvalue weighted by Crippen LogP contribution is 2.23. The van der Waals surface area contributed by atoms with E-state index < -0.39 is 0 Å². The second-order valence-electron chi connectivity index (χ2n) is 4.96. The largest absolute Gasteiger partial charge is 0.306 e. The summed E-state index contributed by atoms with van der Waals surface area (Å²) in [6.07, 6.45) is 4.09. The smallest absolute Gasteiger partial charge is 0.249 e. The molecular weight excluding hydrogens is 228 g/mol. The number of hydrogen-bond donors (Lipinski definition) is 1. The predicted molar refractivity (Wildman–Crippen MR) is 69.6 cm³/mol. The SMILES string of the molecule is CN1CCC[C@H](c2ncc3ccc(=O)[nH]c3n2)C1. The van der Waals surface area contributed by atoms with Gasteiger partial charge in [0.05, 0.1) is 0 Å². The summed E-state index contributed by atoms with van der Waals surface area (Å²) in [6, 6.07) is 3.25. The van der Waals surface area contributed by atoms with E-state index in [1.807, 2.05) is 0 Å². The number of nitrogens with zero attached hydrogens (tertiary/aromatic N) is 3. The van der Waals surface area contributed by atoms with Crippen LogP contribution in [0.1, 0.15) is 24.6 Å². The van der Waals surface area contributed by atoms with Gasteiger partial charge in [-0.15, -0.1) is 0 Å². The third-order valence-electron chi connectivity index (χ3n) is 3.48. The predicted octanol–water partition coefficient (Wildman–Crippen LogP) is 1.13. The van der Waals surface area contributed by atoms with Crippen LogP contribution in [0.15, 0.2) is 23.1 Å². The van der Waals surface area contributed by atoms with Crippen LogP contribution < -0.4 is 5.56 Å². The Labute approximate surface area is 105 Å². The Bertz CT molecular complexity index is 622. The molecule has 0 unspecified atom stereocenters. The lowest BCUT2D eigenvalue weighted by Gasteiger charge is -2.28. The first-order valence-corrected chi connectivity index (χ1v) is 6.27. The van der Waals surface area contributed by atoms with E-state index in [4.69, 9.17) is 0 Å². The molecule has 1 fully saturated rings. The fourth-order valence-corrected chi connectivity index (χ4v) is 2.52. The number of pyridine rings is 1. The molecule has 2 aromatic heterocycles. The van der Waals surface area contributed by atoms with E-state index in [2.05, 4.69) is 26.9 Å². The molecule has 1 atom stereocenters. The zero-order valence-electron chi connectivity index (χ0n) is 10.4. The van der Waals surface area contributed by atoms with Gasteiger partial charge in [-0.05, 0) is 32.5 Å². The van der Waals surface area contributed by atoms with E-state index >= 15 is 0 Å². The molecule has 0 aliphatic carbocycles. The molecule has 3 heterocycles. The maximum absolute atomic E-state index is 11.3. The van der Waals surface area contributed by atoms with E-state index in [1.165, 1.54) is 12.5 Å². The standard InChI is InChI=1S/C13H16N4O/c1-17-6-2-3-10(8-17)12-14-7-9-4-5-11(18)15-13(9)16-12/h4-5,7,10H,2-3,6,8H2,1H3,(H,14,15,16,18)/t10-/m0/s1. The molecule has 5 nitrogen and oxygen atoms in total. The Morgan fingerprint density at radius 3 is 3.17 bits per heavy atom. The number of aromatic amines is 1. The summed E-state index contributed by atoms with van der Waals surface area (Å²) < 4.78 is 0. The molecule has 3 rings (SSSR count). The molecule has 0 spiro atoms. The molecule has 1 saturated heterocycles. The second kappa shape index (κ2) is 4.49. The number of likely N-dealkylation sites (N-methyl/N-ethyl adjacent to an activating group) is 1. The van der Waals surface area contributed by atoms with Gasteiger partial charge in [-0.1, -0.05) is 0 Å². The quantitative estimate of drug-likeness (QED) is 0.816. The lowest BCUT2D eigenvalue weighted by molar-refractivity contribution is 0.246. The van der Waals surface area contributed by atoms with Crippen LogP contribution in [0.2, 0.25) is 0 Å². The van der Waals surface area contributed by atoms with Gasteiger partial charge in [0.15, 0.2) is 0 Å². The fraction of sp³-hybridized carbons (Fsp3) is 0.462. The average Bonchev–Trinajstić information content (AvgIpc) is 2.38. The maximum atomic E-state index is 11.3. The van der Waals surface area contributed by atoms with E-state index in [-0.39, 0.29) is 5.56 Å². The van der Waals surface area contributed by atoms with Gasteiger partial charge in [-0.3, -0.25) is 4.79 Å². The minimum absolute atomic E-state index is 0.118. The van der Waals surface area contributed by atoms with E-state index in [1.54, 1.807) is 12.3 Å². The molecule has 18 heavy (non-hydrogen) atoms. The summed E-state index contributed by atoms with van der Waals surface area (Å²) in [4.78, 5) is 25.3. The van der Waals surface area contributed by atoms with Crippen LogP contribution in [0.4, 0.5) is 0 Å². The topological polar surface area (TPSA) is 61.9 Å². The second-order valence-corrected chi connectivity index (χ2v) is 4.96. The van der Waals surface area contributed by atoms with Crippen molar-refractivity contribution in [1.82, 2.24) is 19.9 Å². The van der Waals surface area contributed by atoms with E-state index in [0.29, 0.717) is 11.6 Å². The van der Waals surface area contributed by atoms with Gasteiger partial charge in [0.1, 0.15) is 11.5 Å². The molecule has 1 aliphatic rings. The maximum Gasteiger partial charge on any atom is 0.249 e. The van der Waals surface area contributed by atoms with Gasteiger partial charge in [-0.25, -0.2) is 9.97 Å². The van der Waals surface area contributed by atoms with Crippen molar-refractivity contribution in [2.45, 2.75) is 18.8 Å². The summed E-state index contributed by atoms with van der Waals surface area (Å²) in [5.74, 6) is 1.22. The average molecular weight is 244 g/mol. The normalized spacial score (nSPS) is 21.3. The summed E-state index contributed by atoms with van der Waals surface area (Å²) in [6.45, 7) is 2.13. The van der Waals surface area contributed by atoms with Crippen molar-refractivity contribution in [3.05, 3.63) is 34.5 Å². The molecule has 0 amide bonds. The van der Waals surface area contributed by atoms with Crippen LogP contribution in [0.25, 0.3) is 11.0 Å². The van der Waals surface area contributed by atoms with Crippen LogP contribution in [-0.2, 0) is 0 Å². The van der Waals surface area contributed by atoms with E-state index in [0.717, 1.165) is 30.7 Å². The van der Waals surface area contributed by atoms with Crippen molar-refractivity contribution in [2.24, 2.45) is 0 Å². The fourth-order valence-electron chi connectivity index (χ4n) is 2.52. The molecule has 2 aromatic rings. The van der Waals surface area contributed by atoms with Crippen LogP contribution in [0.3, 0.4) is 0 Å². The summed E-state index contributed by atoms with van der Waals surface area (Å²) in [5.41, 5.74) is 0.522. The molecule has 1 aliphatic heterocycles. The van der Waals surface area contributed by atoms with Crippen molar-refractivity contribution in [2.75, 3.05) is 20.1 Å². The lowest BCUT2D eigenvalue weighted by Crippen LogP contribution is -2.31. The van der Waals surface area contributed by atoms with Gasteiger partial charge in [0, 0.05) is 30.1 Å². The Hall–Kier alpha value is -1.75. The van der Waals surface area contributed by atoms with Crippen LogP contribution >= 0.6 is 0 Å². The highest BCUT2D eigenvalue weighted by atomic mass is 16.1. The van der Waals surface area contributed by atoms with Crippen LogP contribution in [0, 0.1) is 0 Å². The molecule has 0 saturated carbocycles. The minimum Gasteiger partial charge on any atom is -0.306 e. The number of rotatable bonds is 1. The summed E-state index contributed by atoms with van der Waals surface area (Å²) in [7, 11) is 2.12. The van der Waals surface area contributed by atoms with Gasteiger partial charge >= 0.3 is 0 Å². The number of nitrogens with one attached hydrogen (secondary N) is 1. The molecule has 0 aromatic carbocycles. The molecular formula is C13H16N4O. The molecule has 0 bridgehead atoms. The van der Waals surface area contributed by atoms with Gasteiger partial charge in [0.25, 0.3) is 0 Å². The number of hydrogen-bond acceptors (Lipinski definition) is 4. The first-order valence-electron chi connectivity index (χ1n) is 6.27. The first kappa shape index (κ1) is 11.3. The van der Waals surface area contributed by atoms with Crippen molar-refractivity contribution in [3.63, 3.8) is 0 Å². The number of likely N-dealkylation sites (tertiary alicyclic amines) is 1. The van der Waals surface area contributed by atoms with Gasteiger partial charge in [-0.2, -0.15) is 0 Å². The first-order chi connectivity index (χ1) is 8.72. The third kappa shape index (κ3) is 2.13. The Balaban J connectivity index is 1.99. The molecule has 94 valence electrons. The van der Waals surface area contributed by atoms with Crippen molar-refractivity contribution in [3.8, 4) is 0 Å². The summed E-state index contributed by atoms with van der Waals surface area (Å²) in [5, 5.41) is 0.877. The van der Waals surface area contributed by atoms with Crippen LogP contribution in [-0.4, -0.2) is 40.0 Å². The Morgan fingerprint density at radius 1 is 1.44 bits per heavy atom. The van der Waals surface area contributed by atoms with Gasteiger partial charge < -0.3 is 9.88 Å². The zero-order valence-corrected chi connectivity index (χ0v) is 10.4. The Kier molecular flexibility index (Phi) is 2.83. The van der Waals surface area contributed by atoms with Crippen molar-refractivity contribution < 1.29 is 0 Å².